The Bertz CT molecular complexity index is 730. The summed E-state index contributed by atoms with van der Waals surface area (Å²) >= 11 is 0. The van der Waals surface area contributed by atoms with Gasteiger partial charge in [-0.15, -0.1) is 0 Å². The van der Waals surface area contributed by atoms with Gasteiger partial charge in [-0.05, 0) is 24.3 Å². The van der Waals surface area contributed by atoms with E-state index in [2.05, 4.69) is 10.3 Å². The molecule has 0 aliphatic carbocycles. The molecule has 1 aliphatic heterocycles. The minimum absolute atomic E-state index is 0.193. The van der Waals surface area contributed by atoms with Gasteiger partial charge < -0.3 is 15.0 Å². The summed E-state index contributed by atoms with van der Waals surface area (Å²) in [4.78, 5) is 27.1. The maximum absolute atomic E-state index is 14.3. The Morgan fingerprint density at radius 2 is 2.30 bits per heavy atom. The van der Waals surface area contributed by atoms with Crippen LogP contribution in [0.4, 0.5) is 14.9 Å². The van der Waals surface area contributed by atoms with Crippen molar-refractivity contribution >= 4 is 17.7 Å². The first-order chi connectivity index (χ1) is 11.0. The van der Waals surface area contributed by atoms with Gasteiger partial charge in [0.15, 0.2) is 0 Å². The summed E-state index contributed by atoms with van der Waals surface area (Å²) in [6.45, 7) is 1.90. The molecule has 23 heavy (non-hydrogen) atoms. The predicted molar refractivity (Wildman–Crippen MR) is 82.5 cm³/mol. The molecule has 6 nitrogen and oxygen atoms in total. The second-order valence-electron chi connectivity index (χ2n) is 5.32. The van der Waals surface area contributed by atoms with Crippen molar-refractivity contribution in [3.8, 4) is 11.1 Å². The number of nitrogens with one attached hydrogen (secondary N) is 2. The minimum atomic E-state index is -0.547. The minimum Gasteiger partial charge on any atom is -0.442 e. The lowest BCUT2D eigenvalue weighted by Gasteiger charge is -2.14. The van der Waals surface area contributed by atoms with Gasteiger partial charge in [-0.1, -0.05) is 0 Å². The molecule has 1 aliphatic rings. The molecule has 1 saturated heterocycles. The zero-order valence-electron chi connectivity index (χ0n) is 12.5. The highest BCUT2D eigenvalue weighted by Gasteiger charge is 2.32. The van der Waals surface area contributed by atoms with E-state index in [0.717, 1.165) is 5.56 Å². The fourth-order valence-corrected chi connectivity index (χ4v) is 2.49. The molecule has 0 saturated carbocycles. The van der Waals surface area contributed by atoms with Crippen molar-refractivity contribution in [3.63, 3.8) is 0 Å². The number of amides is 2. The number of rotatable bonds is 4. The molecule has 0 radical (unpaired) electrons. The molecule has 2 aromatic rings. The number of aromatic nitrogens is 1. The molecule has 1 fully saturated rings. The Balaban J connectivity index is 1.76. The predicted octanol–water partition coefficient (Wildman–Crippen LogP) is 2.28. The summed E-state index contributed by atoms with van der Waals surface area (Å²) in [5.74, 6) is -0.610. The zero-order chi connectivity index (χ0) is 16.4. The lowest BCUT2D eigenvalue weighted by Crippen LogP contribution is -2.33. The van der Waals surface area contributed by atoms with E-state index in [4.69, 9.17) is 4.74 Å². The Morgan fingerprint density at radius 3 is 2.96 bits per heavy atom. The van der Waals surface area contributed by atoms with Gasteiger partial charge in [0.1, 0.15) is 11.9 Å². The second-order valence-corrected chi connectivity index (χ2v) is 5.32. The van der Waals surface area contributed by atoms with Gasteiger partial charge in [0.2, 0.25) is 5.91 Å². The van der Waals surface area contributed by atoms with Gasteiger partial charge in [-0.3, -0.25) is 9.69 Å². The summed E-state index contributed by atoms with van der Waals surface area (Å²) in [6.07, 6.45) is 2.42. The van der Waals surface area contributed by atoms with Crippen molar-refractivity contribution in [2.75, 3.05) is 18.0 Å². The molecule has 0 spiro atoms. The van der Waals surface area contributed by atoms with Crippen LogP contribution < -0.4 is 10.2 Å². The van der Waals surface area contributed by atoms with Crippen LogP contribution in [0.2, 0.25) is 0 Å². The summed E-state index contributed by atoms with van der Waals surface area (Å²) in [5, 5.41) is 2.60. The summed E-state index contributed by atoms with van der Waals surface area (Å²) in [5.41, 5.74) is 1.62. The van der Waals surface area contributed by atoms with Crippen molar-refractivity contribution in [2.45, 2.75) is 13.0 Å². The van der Waals surface area contributed by atoms with E-state index in [9.17, 15) is 14.0 Å². The normalized spacial score (nSPS) is 17.2. The fraction of sp³-hybridized carbons (Fsp3) is 0.250. The van der Waals surface area contributed by atoms with E-state index < -0.39 is 18.0 Å². The standard InChI is InChI=1S/C16H16FN3O3/c1-10(21)19-8-13-9-20(16(22)23-13)12-2-3-14(15(17)6-12)11-4-5-18-7-11/h2-7,13,18H,8-9H2,1H3,(H,19,21). The highest BCUT2D eigenvalue weighted by Crippen LogP contribution is 2.28. The van der Waals surface area contributed by atoms with Gasteiger partial charge in [0, 0.05) is 30.4 Å². The van der Waals surface area contributed by atoms with Crippen LogP contribution in [0, 0.1) is 5.82 Å². The van der Waals surface area contributed by atoms with E-state index in [1.165, 1.54) is 17.9 Å². The molecule has 0 bridgehead atoms. The van der Waals surface area contributed by atoms with Crippen molar-refractivity contribution in [1.29, 1.82) is 0 Å². The molecular formula is C16H16FN3O3. The molecule has 2 N–H and O–H groups in total. The van der Waals surface area contributed by atoms with Crippen LogP contribution in [0.25, 0.3) is 11.1 Å². The molecule has 7 heteroatoms. The molecular weight excluding hydrogens is 301 g/mol. The van der Waals surface area contributed by atoms with Crippen LogP contribution in [-0.4, -0.2) is 36.2 Å². The Hall–Kier alpha value is -2.83. The van der Waals surface area contributed by atoms with Gasteiger partial charge in [-0.2, -0.15) is 0 Å². The number of benzene rings is 1. The maximum atomic E-state index is 14.3. The SMILES string of the molecule is CC(=O)NCC1CN(c2ccc(-c3cc[nH]c3)c(F)c2)C(=O)O1. The van der Waals surface area contributed by atoms with Gasteiger partial charge in [0.05, 0.1) is 18.8 Å². The van der Waals surface area contributed by atoms with Crippen LogP contribution in [0.1, 0.15) is 6.92 Å². The fourth-order valence-electron chi connectivity index (χ4n) is 2.49. The molecule has 3 rings (SSSR count). The largest absolute Gasteiger partial charge is 0.442 e. The van der Waals surface area contributed by atoms with E-state index in [1.54, 1.807) is 30.6 Å². The maximum Gasteiger partial charge on any atom is 0.414 e. The number of H-pyrrole nitrogens is 1. The van der Waals surface area contributed by atoms with Crippen molar-refractivity contribution < 1.29 is 18.7 Å². The smallest absolute Gasteiger partial charge is 0.414 e. The van der Waals surface area contributed by atoms with Crippen LogP contribution in [0.5, 0.6) is 0 Å². The molecule has 1 atom stereocenters. The number of hydrogen-bond donors (Lipinski definition) is 2. The summed E-state index contributed by atoms with van der Waals surface area (Å²) in [7, 11) is 0. The van der Waals surface area contributed by atoms with Crippen LogP contribution in [0.15, 0.2) is 36.7 Å². The quantitative estimate of drug-likeness (QED) is 0.908. The number of ether oxygens (including phenoxy) is 1. The van der Waals surface area contributed by atoms with Crippen LogP contribution in [-0.2, 0) is 9.53 Å². The first kappa shape index (κ1) is 15.1. The third-order valence-electron chi connectivity index (χ3n) is 3.63. The highest BCUT2D eigenvalue weighted by molar-refractivity contribution is 5.90. The zero-order valence-corrected chi connectivity index (χ0v) is 12.5. The van der Waals surface area contributed by atoms with Crippen LogP contribution >= 0.6 is 0 Å². The molecule has 1 aromatic carbocycles. The monoisotopic (exact) mass is 317 g/mol. The lowest BCUT2D eigenvalue weighted by molar-refractivity contribution is -0.119. The first-order valence-corrected chi connectivity index (χ1v) is 7.20. The van der Waals surface area contributed by atoms with Gasteiger partial charge >= 0.3 is 6.09 Å². The Labute approximate surface area is 132 Å². The third kappa shape index (κ3) is 3.18. The number of aromatic amines is 1. The molecule has 1 aromatic heterocycles. The average Bonchev–Trinajstić information content (AvgIpc) is 3.14. The molecule has 2 heterocycles. The topological polar surface area (TPSA) is 74.4 Å². The van der Waals surface area contributed by atoms with Crippen molar-refractivity contribution in [1.82, 2.24) is 10.3 Å². The van der Waals surface area contributed by atoms with E-state index in [0.29, 0.717) is 11.3 Å². The molecule has 1 unspecified atom stereocenters. The first-order valence-electron chi connectivity index (χ1n) is 7.20. The lowest BCUT2D eigenvalue weighted by atomic mass is 10.1. The van der Waals surface area contributed by atoms with Gasteiger partial charge in [0.25, 0.3) is 0 Å². The second kappa shape index (κ2) is 6.12. The Morgan fingerprint density at radius 1 is 1.48 bits per heavy atom. The average molecular weight is 317 g/mol. The summed E-state index contributed by atoms with van der Waals surface area (Å²) in [6, 6.07) is 6.38. The molecule has 2 amide bonds. The highest BCUT2D eigenvalue weighted by atomic mass is 19.1. The number of hydrogen-bond acceptors (Lipinski definition) is 3. The number of carbonyl (C=O) groups excluding carboxylic acids is 2. The Kier molecular flexibility index (Phi) is 4.01. The number of nitrogens with zero attached hydrogens (tertiary/aromatic N) is 1. The summed E-state index contributed by atoms with van der Waals surface area (Å²) < 4.78 is 19.5. The molecule has 120 valence electrons. The number of anilines is 1. The number of halogens is 1. The van der Waals surface area contributed by atoms with Crippen molar-refractivity contribution in [2.24, 2.45) is 0 Å². The van der Waals surface area contributed by atoms with E-state index in [1.807, 2.05) is 0 Å². The van der Waals surface area contributed by atoms with E-state index >= 15 is 0 Å². The number of cyclic esters (lactones) is 1. The van der Waals surface area contributed by atoms with Crippen LogP contribution in [0.3, 0.4) is 0 Å². The van der Waals surface area contributed by atoms with Gasteiger partial charge in [-0.25, -0.2) is 9.18 Å². The van der Waals surface area contributed by atoms with E-state index in [-0.39, 0.29) is 19.0 Å². The number of carbonyl (C=O) groups is 2. The van der Waals surface area contributed by atoms with Crippen molar-refractivity contribution in [3.05, 3.63) is 42.5 Å². The third-order valence-corrected chi connectivity index (χ3v) is 3.63.